The van der Waals surface area contributed by atoms with Crippen molar-refractivity contribution in [1.29, 1.82) is 0 Å². The normalized spacial score (nSPS) is 11.5. The molecular weight excluding hydrogens is 448 g/mol. The van der Waals surface area contributed by atoms with Gasteiger partial charge < -0.3 is 15.0 Å². The third-order valence-corrected chi connectivity index (χ3v) is 5.87. The van der Waals surface area contributed by atoms with Crippen molar-refractivity contribution in [2.75, 3.05) is 13.2 Å². The lowest BCUT2D eigenvalue weighted by atomic mass is 10.0. The van der Waals surface area contributed by atoms with Crippen molar-refractivity contribution in [2.24, 2.45) is 0 Å². The van der Waals surface area contributed by atoms with E-state index in [9.17, 15) is 9.59 Å². The number of nitrogens with zero attached hydrogens (tertiary/aromatic N) is 1. The minimum absolute atomic E-state index is 0.181. The van der Waals surface area contributed by atoms with Gasteiger partial charge in [0.25, 0.3) is 5.91 Å². The topological polar surface area (TPSA) is 58.6 Å². The van der Waals surface area contributed by atoms with Gasteiger partial charge in [-0.15, -0.1) is 0 Å². The van der Waals surface area contributed by atoms with E-state index in [1.54, 1.807) is 11.0 Å². The van der Waals surface area contributed by atoms with Gasteiger partial charge in [0, 0.05) is 24.5 Å². The van der Waals surface area contributed by atoms with Crippen LogP contribution in [0.5, 0.6) is 5.75 Å². The molecule has 34 heavy (non-hydrogen) atoms. The fourth-order valence-electron chi connectivity index (χ4n) is 3.59. The summed E-state index contributed by atoms with van der Waals surface area (Å²) in [7, 11) is 0. The minimum atomic E-state index is -0.709. The van der Waals surface area contributed by atoms with Gasteiger partial charge in [-0.25, -0.2) is 0 Å². The SMILES string of the molecule is CCCNC(=O)C(Cc1ccccc1)N(Cc1ccccc1Cl)C(=O)COc1ccc(C)cc1. The molecule has 0 heterocycles. The summed E-state index contributed by atoms with van der Waals surface area (Å²) < 4.78 is 5.78. The predicted octanol–water partition coefficient (Wildman–Crippen LogP) is 5.19. The van der Waals surface area contributed by atoms with Gasteiger partial charge in [-0.3, -0.25) is 9.59 Å². The van der Waals surface area contributed by atoms with E-state index in [4.69, 9.17) is 16.3 Å². The molecular formula is C28H31ClN2O3. The number of hydrogen-bond donors (Lipinski definition) is 1. The van der Waals surface area contributed by atoms with E-state index in [0.717, 1.165) is 23.1 Å². The van der Waals surface area contributed by atoms with Gasteiger partial charge in [0.15, 0.2) is 6.61 Å². The highest BCUT2D eigenvalue weighted by atomic mass is 35.5. The first-order chi connectivity index (χ1) is 16.5. The second-order valence-electron chi connectivity index (χ2n) is 8.21. The number of amides is 2. The fourth-order valence-corrected chi connectivity index (χ4v) is 3.79. The van der Waals surface area contributed by atoms with Crippen LogP contribution in [0.2, 0.25) is 5.02 Å². The highest BCUT2D eigenvalue weighted by Gasteiger charge is 2.31. The van der Waals surface area contributed by atoms with Crippen molar-refractivity contribution in [2.45, 2.75) is 39.3 Å². The molecule has 0 aliphatic rings. The summed E-state index contributed by atoms with van der Waals surface area (Å²) in [5, 5.41) is 3.51. The number of aryl methyl sites for hydroxylation is 1. The van der Waals surface area contributed by atoms with E-state index in [1.165, 1.54) is 0 Å². The van der Waals surface area contributed by atoms with Crippen molar-refractivity contribution >= 4 is 23.4 Å². The zero-order valence-electron chi connectivity index (χ0n) is 19.7. The van der Waals surface area contributed by atoms with Crippen molar-refractivity contribution in [1.82, 2.24) is 10.2 Å². The second-order valence-corrected chi connectivity index (χ2v) is 8.62. The Kier molecular flexibility index (Phi) is 9.53. The molecule has 0 aliphatic carbocycles. The Morgan fingerprint density at radius 3 is 2.32 bits per heavy atom. The Bertz CT molecular complexity index is 1070. The smallest absolute Gasteiger partial charge is 0.261 e. The van der Waals surface area contributed by atoms with Gasteiger partial charge in [0.1, 0.15) is 11.8 Å². The summed E-state index contributed by atoms with van der Waals surface area (Å²) in [5.41, 5.74) is 2.85. The Morgan fingerprint density at radius 1 is 0.971 bits per heavy atom. The number of hydrogen-bond acceptors (Lipinski definition) is 3. The summed E-state index contributed by atoms with van der Waals surface area (Å²) in [5.74, 6) is 0.126. The second kappa shape index (κ2) is 12.8. The number of carbonyl (C=O) groups excluding carboxylic acids is 2. The molecule has 0 spiro atoms. The molecule has 3 aromatic rings. The molecule has 6 heteroatoms. The van der Waals surface area contributed by atoms with E-state index < -0.39 is 6.04 Å². The van der Waals surface area contributed by atoms with E-state index in [2.05, 4.69) is 5.32 Å². The van der Waals surface area contributed by atoms with Crippen LogP contribution in [0.1, 0.15) is 30.0 Å². The molecule has 0 aliphatic heterocycles. The molecule has 0 bridgehead atoms. The van der Waals surface area contributed by atoms with E-state index in [-0.39, 0.29) is 25.0 Å². The Morgan fingerprint density at radius 2 is 1.65 bits per heavy atom. The van der Waals surface area contributed by atoms with Crippen LogP contribution >= 0.6 is 11.6 Å². The molecule has 1 atom stereocenters. The summed E-state index contributed by atoms with van der Waals surface area (Å²) in [4.78, 5) is 28.3. The first kappa shape index (κ1) is 25.3. The number of carbonyl (C=O) groups is 2. The van der Waals surface area contributed by atoms with Gasteiger partial charge in [-0.1, -0.05) is 84.8 Å². The van der Waals surface area contributed by atoms with Crippen LogP contribution in [-0.2, 0) is 22.6 Å². The monoisotopic (exact) mass is 478 g/mol. The lowest BCUT2D eigenvalue weighted by Crippen LogP contribution is -2.51. The highest BCUT2D eigenvalue weighted by molar-refractivity contribution is 6.31. The van der Waals surface area contributed by atoms with Crippen LogP contribution in [-0.4, -0.2) is 35.9 Å². The van der Waals surface area contributed by atoms with Crippen molar-refractivity contribution in [3.8, 4) is 5.75 Å². The molecule has 3 aromatic carbocycles. The maximum atomic E-state index is 13.5. The molecule has 2 amide bonds. The van der Waals surface area contributed by atoms with Crippen molar-refractivity contribution in [3.63, 3.8) is 0 Å². The number of halogens is 1. The average Bonchev–Trinajstić information content (AvgIpc) is 2.85. The van der Waals surface area contributed by atoms with Gasteiger partial charge in [-0.2, -0.15) is 0 Å². The largest absolute Gasteiger partial charge is 0.484 e. The molecule has 1 unspecified atom stereocenters. The minimum Gasteiger partial charge on any atom is -0.484 e. The zero-order valence-corrected chi connectivity index (χ0v) is 20.4. The number of ether oxygens (including phenoxy) is 1. The van der Waals surface area contributed by atoms with Gasteiger partial charge >= 0.3 is 0 Å². The standard InChI is InChI=1S/C28H31ClN2O3/c1-3-17-30-28(33)26(18-22-9-5-4-6-10-22)31(19-23-11-7-8-12-25(23)29)27(32)20-34-24-15-13-21(2)14-16-24/h4-16,26H,3,17-20H2,1-2H3,(H,30,33). The van der Waals surface area contributed by atoms with Gasteiger partial charge in [0.2, 0.25) is 5.91 Å². The summed E-state index contributed by atoms with van der Waals surface area (Å²) >= 11 is 6.42. The van der Waals surface area contributed by atoms with Crippen molar-refractivity contribution in [3.05, 3.63) is 101 Å². The maximum absolute atomic E-state index is 13.5. The zero-order chi connectivity index (χ0) is 24.3. The third kappa shape index (κ3) is 7.35. The fraction of sp³-hybridized carbons (Fsp3) is 0.286. The molecule has 0 fully saturated rings. The lowest BCUT2D eigenvalue weighted by Gasteiger charge is -2.31. The predicted molar refractivity (Wildman–Crippen MR) is 136 cm³/mol. The van der Waals surface area contributed by atoms with Crippen LogP contribution in [0, 0.1) is 6.92 Å². The molecule has 0 saturated carbocycles. The summed E-state index contributed by atoms with van der Waals surface area (Å²) in [6.45, 7) is 4.54. The number of rotatable bonds is 11. The molecule has 5 nitrogen and oxygen atoms in total. The van der Waals surface area contributed by atoms with Crippen LogP contribution < -0.4 is 10.1 Å². The lowest BCUT2D eigenvalue weighted by molar-refractivity contribution is -0.142. The average molecular weight is 479 g/mol. The molecule has 3 rings (SSSR count). The van der Waals surface area contributed by atoms with E-state index >= 15 is 0 Å². The first-order valence-corrected chi connectivity index (χ1v) is 11.9. The molecule has 178 valence electrons. The van der Waals surface area contributed by atoms with E-state index in [0.29, 0.717) is 23.7 Å². The Balaban J connectivity index is 1.89. The van der Waals surface area contributed by atoms with Crippen LogP contribution in [0.25, 0.3) is 0 Å². The van der Waals surface area contributed by atoms with Gasteiger partial charge in [0.05, 0.1) is 0 Å². The molecule has 0 saturated heterocycles. The third-order valence-electron chi connectivity index (χ3n) is 5.50. The number of nitrogens with one attached hydrogen (secondary N) is 1. The molecule has 0 aromatic heterocycles. The maximum Gasteiger partial charge on any atom is 0.261 e. The quantitative estimate of drug-likeness (QED) is 0.412. The first-order valence-electron chi connectivity index (χ1n) is 11.5. The molecule has 0 radical (unpaired) electrons. The Labute approximate surface area is 206 Å². The van der Waals surface area contributed by atoms with Crippen molar-refractivity contribution < 1.29 is 14.3 Å². The molecule has 1 N–H and O–H groups in total. The van der Waals surface area contributed by atoms with Crippen LogP contribution in [0.3, 0.4) is 0 Å². The highest BCUT2D eigenvalue weighted by Crippen LogP contribution is 2.21. The van der Waals surface area contributed by atoms with Gasteiger partial charge in [-0.05, 0) is 42.7 Å². The number of benzene rings is 3. The van der Waals surface area contributed by atoms with E-state index in [1.807, 2.05) is 86.6 Å². The summed E-state index contributed by atoms with van der Waals surface area (Å²) in [6, 6.07) is 23.9. The van der Waals surface area contributed by atoms with Crippen LogP contribution in [0.4, 0.5) is 0 Å². The Hall–Kier alpha value is -3.31. The van der Waals surface area contributed by atoms with Crippen LogP contribution in [0.15, 0.2) is 78.9 Å². The summed E-state index contributed by atoms with van der Waals surface area (Å²) in [6.07, 6.45) is 1.19.